The lowest BCUT2D eigenvalue weighted by atomic mass is 9.98. The van der Waals surface area contributed by atoms with E-state index in [0.29, 0.717) is 5.56 Å². The number of ether oxygens (including phenoxy) is 1. The van der Waals surface area contributed by atoms with Crippen molar-refractivity contribution < 1.29 is 38.6 Å². The summed E-state index contributed by atoms with van der Waals surface area (Å²) >= 11 is 0. The maximum absolute atomic E-state index is 13.0. The number of carbonyl (C=O) groups excluding carboxylic acids is 5. The van der Waals surface area contributed by atoms with Crippen molar-refractivity contribution in [3.63, 3.8) is 0 Å². The number of carboxylic acids is 1. The second-order valence-corrected chi connectivity index (χ2v) is 17.3. The van der Waals surface area contributed by atoms with Crippen molar-refractivity contribution in [1.29, 1.82) is 0 Å². The van der Waals surface area contributed by atoms with E-state index >= 15 is 0 Å². The van der Waals surface area contributed by atoms with Crippen LogP contribution in [-0.2, 0) is 30.5 Å². The lowest BCUT2D eigenvalue weighted by Gasteiger charge is -2.34. The molecular weight excluding hydrogens is 835 g/mol. The first kappa shape index (κ1) is 47.0. The molecular formula is C53H57N5O8. The molecule has 13 nitrogen and oxygen atoms in total. The minimum atomic E-state index is -0.936. The molecule has 5 aromatic carbocycles. The van der Waals surface area contributed by atoms with E-state index in [1.165, 1.54) is 0 Å². The monoisotopic (exact) mass is 891 g/mol. The fraction of sp³-hybridized carbons (Fsp3) is 0.321. The van der Waals surface area contributed by atoms with Gasteiger partial charge in [-0.25, -0.2) is 4.79 Å². The van der Waals surface area contributed by atoms with Gasteiger partial charge in [-0.3, -0.25) is 33.8 Å². The zero-order valence-corrected chi connectivity index (χ0v) is 37.7. The van der Waals surface area contributed by atoms with Crippen LogP contribution in [0.15, 0.2) is 109 Å². The number of benzene rings is 5. The summed E-state index contributed by atoms with van der Waals surface area (Å²) in [4.78, 5) is 76.0. The largest absolute Gasteiger partial charge is 0.478 e. The van der Waals surface area contributed by atoms with Crippen LogP contribution in [0.25, 0.3) is 22.3 Å². The van der Waals surface area contributed by atoms with Crippen molar-refractivity contribution in [2.24, 2.45) is 11.8 Å². The number of hydrogen-bond acceptors (Lipinski definition) is 9. The maximum Gasteiger partial charge on any atom is 0.335 e. The van der Waals surface area contributed by atoms with Crippen LogP contribution < -0.4 is 16.0 Å². The fourth-order valence-corrected chi connectivity index (χ4v) is 7.73. The molecule has 1 saturated heterocycles. The van der Waals surface area contributed by atoms with Crippen molar-refractivity contribution in [2.45, 2.75) is 59.4 Å². The summed E-state index contributed by atoms with van der Waals surface area (Å²) in [6, 6.07) is 33.8. The number of carbonyl (C=O) groups is 6. The molecule has 0 unspecified atom stereocenters. The van der Waals surface area contributed by atoms with Gasteiger partial charge in [-0.1, -0.05) is 48.5 Å². The molecule has 3 aliphatic rings. The number of piperazine rings is 1. The van der Waals surface area contributed by atoms with Crippen LogP contribution in [0, 0.1) is 25.7 Å². The van der Waals surface area contributed by atoms with Crippen LogP contribution in [-0.4, -0.2) is 89.7 Å². The summed E-state index contributed by atoms with van der Waals surface area (Å²) in [5, 5.41) is 17.9. The molecule has 3 amide bonds. The van der Waals surface area contributed by atoms with Crippen molar-refractivity contribution >= 4 is 52.5 Å². The molecule has 342 valence electrons. The Balaban J connectivity index is 0.000000245. The zero-order chi connectivity index (χ0) is 46.7. The normalized spacial score (nSPS) is 14.8. The summed E-state index contributed by atoms with van der Waals surface area (Å²) in [5.74, 6) is -1.22. The van der Waals surface area contributed by atoms with Gasteiger partial charge in [-0.15, -0.1) is 0 Å². The Labute approximate surface area is 385 Å². The molecule has 8 rings (SSSR count). The van der Waals surface area contributed by atoms with Crippen LogP contribution >= 0.6 is 0 Å². The number of aromatic carboxylic acids is 1. The molecule has 0 bridgehead atoms. The predicted octanol–water partition coefficient (Wildman–Crippen LogP) is 8.61. The molecule has 13 heteroatoms. The Morgan fingerprint density at radius 1 is 0.591 bits per heavy atom. The van der Waals surface area contributed by atoms with Crippen molar-refractivity contribution in [3.05, 3.63) is 137 Å². The summed E-state index contributed by atoms with van der Waals surface area (Å²) < 4.78 is 4.86. The lowest BCUT2D eigenvalue weighted by Crippen LogP contribution is -2.47. The van der Waals surface area contributed by atoms with E-state index in [1.54, 1.807) is 31.2 Å². The number of amides is 3. The highest BCUT2D eigenvalue weighted by Crippen LogP contribution is 2.33. The topological polar surface area (TPSA) is 174 Å². The Morgan fingerprint density at radius 2 is 1.06 bits per heavy atom. The molecule has 2 aliphatic carbocycles. The van der Waals surface area contributed by atoms with Gasteiger partial charge >= 0.3 is 11.9 Å². The number of nitrogens with zero attached hydrogens (tertiary/aromatic N) is 2. The molecule has 2 saturated carbocycles. The average Bonchev–Trinajstić information content (AvgIpc) is 4.24. The van der Waals surface area contributed by atoms with Gasteiger partial charge in [0.15, 0.2) is 5.78 Å². The first-order valence-corrected chi connectivity index (χ1v) is 22.6. The Kier molecular flexibility index (Phi) is 15.5. The smallest absolute Gasteiger partial charge is 0.335 e. The number of carboxylic acid groups (broad SMARTS) is 1. The van der Waals surface area contributed by atoms with E-state index < -0.39 is 11.9 Å². The molecule has 5 aromatic rings. The summed E-state index contributed by atoms with van der Waals surface area (Å²) in [5.41, 5.74) is 10.4. The highest BCUT2D eigenvalue weighted by molar-refractivity contribution is 6.04. The van der Waals surface area contributed by atoms with Crippen LogP contribution in [0.5, 0.6) is 0 Å². The van der Waals surface area contributed by atoms with E-state index in [1.807, 2.05) is 98.8 Å². The van der Waals surface area contributed by atoms with Gasteiger partial charge in [0.05, 0.1) is 18.7 Å². The third-order valence-corrected chi connectivity index (χ3v) is 11.9. The first-order chi connectivity index (χ1) is 31.8. The highest BCUT2D eigenvalue weighted by atomic mass is 16.5. The molecule has 1 aliphatic heterocycles. The number of Topliss-reactive ketones (excluding diaryl/α,β-unsaturated/α-hetero) is 1. The minimum Gasteiger partial charge on any atom is -0.478 e. The number of hydrogen-bond donors (Lipinski definition) is 4. The summed E-state index contributed by atoms with van der Waals surface area (Å²) in [7, 11) is 0. The number of aryl methyl sites for hydroxylation is 2. The lowest BCUT2D eigenvalue weighted by molar-refractivity contribution is -0.145. The van der Waals surface area contributed by atoms with Gasteiger partial charge in [0.2, 0.25) is 11.8 Å². The second-order valence-electron chi connectivity index (χ2n) is 17.3. The number of nitrogens with one attached hydrogen (secondary N) is 3. The molecule has 0 atom stereocenters. The van der Waals surface area contributed by atoms with Gasteiger partial charge in [-0.2, -0.15) is 0 Å². The standard InChI is InChI=1S/C35H40N4O5.C18H17NO3/c1-3-44-33(41)21-31(40)23-39-18-16-38(17-19-39)22-25-5-14-29(15-6-25)36-34(42)27-9-7-26(8-10-27)32-20-30(13-4-24(32)2)37-35(43)28-11-12-28;1-11-2-9-15(19-17(20)13-5-6-13)10-16(11)12-3-7-14(8-4-12)18(21)22/h4-10,13-15,20,28H,3,11-12,16-19,21-23H2,1-2H3,(H,36,42)(H,37,43);2-4,7-10,13H,5-6H2,1H3,(H,19,20)(H,21,22). The fourth-order valence-electron chi connectivity index (χ4n) is 7.73. The highest BCUT2D eigenvalue weighted by Gasteiger charge is 2.30. The maximum atomic E-state index is 13.0. The van der Waals surface area contributed by atoms with Crippen LogP contribution in [0.3, 0.4) is 0 Å². The van der Waals surface area contributed by atoms with E-state index in [9.17, 15) is 28.8 Å². The molecule has 4 N–H and O–H groups in total. The molecule has 0 spiro atoms. The number of rotatable bonds is 16. The third-order valence-electron chi connectivity index (χ3n) is 11.9. The first-order valence-electron chi connectivity index (χ1n) is 22.6. The SMILES string of the molecule is CCOC(=O)CC(=O)CN1CCN(Cc2ccc(NC(=O)c3ccc(-c4cc(NC(=O)C5CC5)ccc4C)cc3)cc2)CC1.Cc1ccc(NC(=O)C2CC2)cc1-c1ccc(C(=O)O)cc1. The molecule has 0 radical (unpaired) electrons. The number of anilines is 3. The predicted molar refractivity (Wildman–Crippen MR) is 255 cm³/mol. The molecule has 0 aromatic heterocycles. The van der Waals surface area contributed by atoms with Crippen molar-refractivity contribution in [1.82, 2.24) is 9.80 Å². The van der Waals surface area contributed by atoms with Crippen LogP contribution in [0.4, 0.5) is 17.1 Å². The van der Waals surface area contributed by atoms with Gasteiger partial charge in [-0.05, 0) is 146 Å². The van der Waals surface area contributed by atoms with E-state index in [-0.39, 0.29) is 60.5 Å². The van der Waals surface area contributed by atoms with Crippen LogP contribution in [0.2, 0.25) is 0 Å². The van der Waals surface area contributed by atoms with E-state index in [4.69, 9.17) is 9.84 Å². The molecule has 3 fully saturated rings. The summed E-state index contributed by atoms with van der Waals surface area (Å²) in [6.07, 6.45) is 3.70. The zero-order valence-electron chi connectivity index (χ0n) is 37.7. The van der Waals surface area contributed by atoms with Gasteiger partial charge in [0.1, 0.15) is 6.42 Å². The van der Waals surface area contributed by atoms with Crippen LogP contribution in [0.1, 0.15) is 76.4 Å². The second kappa shape index (κ2) is 21.8. The van der Waals surface area contributed by atoms with E-state index in [0.717, 1.165) is 114 Å². The Bertz CT molecular complexity index is 2560. The van der Waals surface area contributed by atoms with Crippen molar-refractivity contribution in [2.75, 3.05) is 55.3 Å². The minimum absolute atomic E-state index is 0.0797. The molecule has 1 heterocycles. The Hall–Kier alpha value is -6.96. The number of esters is 1. The van der Waals surface area contributed by atoms with Gasteiger partial charge < -0.3 is 25.8 Å². The van der Waals surface area contributed by atoms with Gasteiger partial charge in [0.25, 0.3) is 5.91 Å². The summed E-state index contributed by atoms with van der Waals surface area (Å²) in [6.45, 7) is 10.3. The molecule has 66 heavy (non-hydrogen) atoms. The van der Waals surface area contributed by atoms with Gasteiger partial charge in [0, 0.05) is 67.2 Å². The Morgan fingerprint density at radius 3 is 1.53 bits per heavy atom. The quantitative estimate of drug-likeness (QED) is 0.0555. The number of ketones is 1. The van der Waals surface area contributed by atoms with Crippen molar-refractivity contribution in [3.8, 4) is 22.3 Å². The third kappa shape index (κ3) is 13.3. The average molecular weight is 892 g/mol. The van der Waals surface area contributed by atoms with E-state index in [2.05, 4.69) is 25.8 Å².